The zero-order valence-electron chi connectivity index (χ0n) is 16.8. The molecular weight excluding hydrogens is 420 g/mol. The molecule has 1 spiro atoms. The molecule has 4 rings (SSSR count). The molecule has 2 aliphatic rings. The molecule has 0 unspecified atom stereocenters. The molecule has 160 valence electrons. The van der Waals surface area contributed by atoms with Crippen molar-refractivity contribution < 1.29 is 14.4 Å². The van der Waals surface area contributed by atoms with E-state index in [4.69, 9.17) is 5.26 Å². The first kappa shape index (κ1) is 20.8. The number of urea groups is 1. The van der Waals surface area contributed by atoms with Crippen LogP contribution in [0.25, 0.3) is 0 Å². The number of imide groups is 1. The van der Waals surface area contributed by atoms with Gasteiger partial charge < -0.3 is 10.6 Å². The number of rotatable bonds is 5. The molecule has 4 heterocycles. The molecule has 4 amide bonds. The Balaban J connectivity index is 1.36. The number of aromatic nitrogens is 3. The summed E-state index contributed by atoms with van der Waals surface area (Å²) in [5, 5.41) is 14.9. The average molecular weight is 440 g/mol. The van der Waals surface area contributed by atoms with E-state index in [1.165, 1.54) is 30.7 Å². The first-order chi connectivity index (χ1) is 14.9. The van der Waals surface area contributed by atoms with Crippen molar-refractivity contribution in [3.05, 3.63) is 34.9 Å². The van der Waals surface area contributed by atoms with Crippen molar-refractivity contribution in [1.82, 2.24) is 30.1 Å². The Kier molecular flexibility index (Phi) is 5.62. The molecule has 0 radical (unpaired) electrons. The van der Waals surface area contributed by atoms with Gasteiger partial charge in [-0.2, -0.15) is 5.26 Å². The molecule has 2 saturated heterocycles. The van der Waals surface area contributed by atoms with E-state index in [9.17, 15) is 14.4 Å². The number of nitrogens with one attached hydrogen (secondary N) is 2. The SMILES string of the molecule is CC(=O)Nc1ncc(CN2CCC3(CC2)NC(=O)N(Cc2ncc(C#N)cn2)C3=O)s1. The van der Waals surface area contributed by atoms with Gasteiger partial charge in [-0.05, 0) is 12.8 Å². The van der Waals surface area contributed by atoms with E-state index >= 15 is 0 Å². The fourth-order valence-corrected chi connectivity index (χ4v) is 4.60. The Morgan fingerprint density at radius 2 is 1.94 bits per heavy atom. The van der Waals surface area contributed by atoms with Gasteiger partial charge in [-0.15, -0.1) is 11.3 Å². The van der Waals surface area contributed by atoms with Gasteiger partial charge in [-0.25, -0.2) is 19.7 Å². The summed E-state index contributed by atoms with van der Waals surface area (Å²) in [4.78, 5) is 53.3. The van der Waals surface area contributed by atoms with E-state index in [2.05, 4.69) is 30.5 Å². The fourth-order valence-electron chi connectivity index (χ4n) is 3.70. The second-order valence-corrected chi connectivity index (χ2v) is 8.61. The molecule has 11 nitrogen and oxygen atoms in total. The summed E-state index contributed by atoms with van der Waals surface area (Å²) in [6.45, 7) is 3.35. The molecule has 0 atom stereocenters. The third-order valence-electron chi connectivity index (χ3n) is 5.31. The molecular formula is C19H20N8O3S. The highest BCUT2D eigenvalue weighted by Gasteiger charge is 2.52. The van der Waals surface area contributed by atoms with E-state index in [0.717, 1.165) is 9.78 Å². The van der Waals surface area contributed by atoms with Gasteiger partial charge in [0.25, 0.3) is 5.91 Å². The van der Waals surface area contributed by atoms with E-state index in [1.807, 2.05) is 6.07 Å². The summed E-state index contributed by atoms with van der Waals surface area (Å²) in [7, 11) is 0. The molecule has 2 fully saturated rings. The zero-order valence-corrected chi connectivity index (χ0v) is 17.6. The Hall–Kier alpha value is -3.43. The lowest BCUT2D eigenvalue weighted by Gasteiger charge is -2.37. The molecule has 0 aromatic carbocycles. The van der Waals surface area contributed by atoms with Crippen molar-refractivity contribution in [2.45, 2.75) is 38.4 Å². The van der Waals surface area contributed by atoms with Crippen molar-refractivity contribution in [1.29, 1.82) is 5.26 Å². The van der Waals surface area contributed by atoms with Gasteiger partial charge >= 0.3 is 6.03 Å². The van der Waals surface area contributed by atoms with Crippen LogP contribution in [0.5, 0.6) is 0 Å². The minimum atomic E-state index is -0.908. The van der Waals surface area contributed by atoms with Crippen LogP contribution in [-0.2, 0) is 22.7 Å². The molecule has 0 aliphatic carbocycles. The van der Waals surface area contributed by atoms with E-state index in [1.54, 1.807) is 6.20 Å². The number of amides is 4. The molecule has 2 N–H and O–H groups in total. The molecule has 0 bridgehead atoms. The van der Waals surface area contributed by atoms with Crippen LogP contribution in [0.15, 0.2) is 18.6 Å². The minimum absolute atomic E-state index is 0.0331. The summed E-state index contributed by atoms with van der Waals surface area (Å²) >= 11 is 1.42. The quantitative estimate of drug-likeness (QED) is 0.651. The number of anilines is 1. The number of carbonyl (C=O) groups excluding carboxylic acids is 3. The number of likely N-dealkylation sites (tertiary alicyclic amines) is 1. The van der Waals surface area contributed by atoms with Crippen LogP contribution in [0.2, 0.25) is 0 Å². The fraction of sp³-hybridized carbons (Fsp3) is 0.421. The van der Waals surface area contributed by atoms with Gasteiger partial charge in [0.1, 0.15) is 17.4 Å². The smallest absolute Gasteiger partial charge is 0.323 e. The number of nitriles is 1. The average Bonchev–Trinajstić information content (AvgIpc) is 3.27. The van der Waals surface area contributed by atoms with Crippen molar-refractivity contribution in [2.75, 3.05) is 18.4 Å². The maximum absolute atomic E-state index is 13.1. The summed E-state index contributed by atoms with van der Waals surface area (Å²) in [5.74, 6) is -0.125. The van der Waals surface area contributed by atoms with Gasteiger partial charge in [0, 0.05) is 50.0 Å². The van der Waals surface area contributed by atoms with Crippen molar-refractivity contribution in [3.8, 4) is 6.07 Å². The molecule has 0 saturated carbocycles. The van der Waals surface area contributed by atoms with Gasteiger partial charge in [0.2, 0.25) is 5.91 Å². The first-order valence-electron chi connectivity index (χ1n) is 9.68. The predicted octanol–water partition coefficient (Wildman–Crippen LogP) is 0.850. The normalized spacial score (nSPS) is 18.1. The second kappa shape index (κ2) is 8.37. The van der Waals surface area contributed by atoms with E-state index in [0.29, 0.717) is 49.0 Å². The van der Waals surface area contributed by atoms with Crippen molar-refractivity contribution in [2.24, 2.45) is 0 Å². The van der Waals surface area contributed by atoms with Gasteiger partial charge in [-0.3, -0.25) is 19.4 Å². The highest BCUT2D eigenvalue weighted by Crippen LogP contribution is 2.31. The van der Waals surface area contributed by atoms with Gasteiger partial charge in [0.05, 0.1) is 12.1 Å². The Bertz CT molecular complexity index is 1050. The van der Waals surface area contributed by atoms with E-state index in [-0.39, 0.29) is 18.4 Å². The van der Waals surface area contributed by atoms with E-state index < -0.39 is 11.6 Å². The molecule has 12 heteroatoms. The van der Waals surface area contributed by atoms with Gasteiger partial charge in [0.15, 0.2) is 5.13 Å². The van der Waals surface area contributed by atoms with Gasteiger partial charge in [-0.1, -0.05) is 0 Å². The van der Waals surface area contributed by atoms with Crippen LogP contribution in [0, 0.1) is 11.3 Å². The highest BCUT2D eigenvalue weighted by molar-refractivity contribution is 7.15. The van der Waals surface area contributed by atoms with Crippen LogP contribution in [0.1, 0.15) is 36.0 Å². The number of carbonyl (C=O) groups is 3. The lowest BCUT2D eigenvalue weighted by atomic mass is 9.87. The number of thiazole rings is 1. The third-order valence-corrected chi connectivity index (χ3v) is 6.20. The molecule has 2 aromatic heterocycles. The Morgan fingerprint density at radius 3 is 2.58 bits per heavy atom. The monoisotopic (exact) mass is 440 g/mol. The summed E-state index contributed by atoms with van der Waals surface area (Å²) in [6.07, 6.45) is 5.47. The van der Waals surface area contributed by atoms with Crippen LogP contribution >= 0.6 is 11.3 Å². The number of nitrogens with zero attached hydrogens (tertiary/aromatic N) is 6. The number of hydrogen-bond donors (Lipinski definition) is 2. The number of hydrogen-bond acceptors (Lipinski definition) is 9. The topological polar surface area (TPSA) is 144 Å². The molecule has 2 aromatic rings. The molecule has 2 aliphatic heterocycles. The zero-order chi connectivity index (χ0) is 22.0. The summed E-state index contributed by atoms with van der Waals surface area (Å²) in [6, 6.07) is 1.48. The highest BCUT2D eigenvalue weighted by atomic mass is 32.1. The van der Waals surface area contributed by atoms with Crippen LogP contribution in [0.3, 0.4) is 0 Å². The summed E-state index contributed by atoms with van der Waals surface area (Å²) < 4.78 is 0. The largest absolute Gasteiger partial charge is 0.325 e. The maximum atomic E-state index is 13.1. The summed E-state index contributed by atoms with van der Waals surface area (Å²) in [5.41, 5.74) is -0.593. The van der Waals surface area contributed by atoms with Crippen LogP contribution < -0.4 is 10.6 Å². The maximum Gasteiger partial charge on any atom is 0.325 e. The third kappa shape index (κ3) is 4.37. The van der Waals surface area contributed by atoms with Crippen molar-refractivity contribution in [3.63, 3.8) is 0 Å². The Morgan fingerprint density at radius 1 is 1.23 bits per heavy atom. The Labute approximate surface area is 182 Å². The lowest BCUT2D eigenvalue weighted by Crippen LogP contribution is -2.54. The minimum Gasteiger partial charge on any atom is -0.323 e. The van der Waals surface area contributed by atoms with Crippen LogP contribution in [0.4, 0.5) is 9.93 Å². The molecule has 31 heavy (non-hydrogen) atoms. The predicted molar refractivity (Wildman–Crippen MR) is 109 cm³/mol. The number of piperidine rings is 1. The van der Waals surface area contributed by atoms with Crippen LogP contribution in [-0.4, -0.2) is 61.2 Å². The standard InChI is InChI=1S/C19H20N8O3S/c1-12(28)24-17-23-9-14(31-17)10-26-4-2-19(3-5-26)16(29)27(18(30)25-19)11-15-21-7-13(6-20)8-22-15/h7-9H,2-5,10-11H2,1H3,(H,25,30)(H,23,24,28). The van der Waals surface area contributed by atoms with Crippen molar-refractivity contribution >= 4 is 34.3 Å². The second-order valence-electron chi connectivity index (χ2n) is 7.49. The first-order valence-corrected chi connectivity index (χ1v) is 10.5. The lowest BCUT2D eigenvalue weighted by molar-refractivity contribution is -0.133.